The predicted octanol–water partition coefficient (Wildman–Crippen LogP) is 6.59. The maximum Gasteiger partial charge on any atom is 0.310 e. The highest BCUT2D eigenvalue weighted by molar-refractivity contribution is 7.14. The summed E-state index contributed by atoms with van der Waals surface area (Å²) in [6.07, 6.45) is -0.801. The van der Waals surface area contributed by atoms with E-state index in [9.17, 15) is 14.7 Å². The van der Waals surface area contributed by atoms with Crippen molar-refractivity contribution in [3.05, 3.63) is 75.0 Å². The first-order valence-electron chi connectivity index (χ1n) is 13.5. The maximum atomic E-state index is 12.4. The molecule has 7 heteroatoms. The number of esters is 1. The molecule has 2 atom stereocenters. The van der Waals surface area contributed by atoms with Crippen LogP contribution in [0.1, 0.15) is 72.3 Å². The topological polar surface area (TPSA) is 84.9 Å². The van der Waals surface area contributed by atoms with Crippen LogP contribution in [-0.2, 0) is 21.4 Å². The van der Waals surface area contributed by atoms with E-state index in [0.717, 1.165) is 17.0 Å². The van der Waals surface area contributed by atoms with Gasteiger partial charge in [-0.1, -0.05) is 52.0 Å². The van der Waals surface area contributed by atoms with Crippen molar-refractivity contribution in [1.82, 2.24) is 5.32 Å². The molecule has 1 aromatic heterocycles. The van der Waals surface area contributed by atoms with Crippen LogP contribution in [0.15, 0.2) is 48.5 Å². The molecule has 0 saturated heterocycles. The van der Waals surface area contributed by atoms with Crippen LogP contribution in [0.3, 0.4) is 0 Å². The Balaban J connectivity index is 1.55. The van der Waals surface area contributed by atoms with Gasteiger partial charge in [0, 0.05) is 4.88 Å². The smallest absolute Gasteiger partial charge is 0.310 e. The van der Waals surface area contributed by atoms with Gasteiger partial charge < -0.3 is 19.9 Å². The number of benzene rings is 2. The third-order valence-electron chi connectivity index (χ3n) is 6.48. The molecular weight excluding hydrogens is 510 g/mol. The molecule has 0 bridgehead atoms. The molecule has 1 heterocycles. The summed E-state index contributed by atoms with van der Waals surface area (Å²) in [6.45, 7) is 15.5. The van der Waals surface area contributed by atoms with Crippen LogP contribution in [0.5, 0.6) is 5.75 Å². The fourth-order valence-corrected chi connectivity index (χ4v) is 5.58. The number of thiophene rings is 1. The van der Waals surface area contributed by atoms with E-state index in [1.54, 1.807) is 13.0 Å². The second kappa shape index (κ2) is 13.3. The van der Waals surface area contributed by atoms with Crippen LogP contribution in [-0.4, -0.2) is 36.4 Å². The van der Waals surface area contributed by atoms with E-state index in [1.165, 1.54) is 39.2 Å². The quantitative estimate of drug-likeness (QED) is 0.207. The first-order valence-corrected chi connectivity index (χ1v) is 14.3. The highest BCUT2D eigenvalue weighted by atomic mass is 32.1. The Kier molecular flexibility index (Phi) is 10.3. The van der Waals surface area contributed by atoms with Crippen molar-refractivity contribution in [2.45, 2.75) is 73.0 Å². The lowest BCUT2D eigenvalue weighted by molar-refractivity contribution is -0.145. The zero-order valence-corrected chi connectivity index (χ0v) is 24.9. The minimum absolute atomic E-state index is 0.127. The van der Waals surface area contributed by atoms with Gasteiger partial charge in [0.05, 0.1) is 24.5 Å². The molecule has 0 fully saturated rings. The molecule has 0 aliphatic rings. The largest absolute Gasteiger partial charge is 0.493 e. The third kappa shape index (κ3) is 8.67. The van der Waals surface area contributed by atoms with Gasteiger partial charge in [0.2, 0.25) is 0 Å². The number of carbonyl (C=O) groups is 2. The summed E-state index contributed by atoms with van der Waals surface area (Å²) in [5, 5.41) is 12.4. The number of amides is 1. The molecule has 2 N–H and O–H groups in total. The first kappa shape index (κ1) is 30.4. The zero-order valence-electron chi connectivity index (χ0n) is 24.1. The molecule has 0 aliphatic heterocycles. The van der Waals surface area contributed by atoms with E-state index in [0.29, 0.717) is 11.5 Å². The van der Waals surface area contributed by atoms with Crippen LogP contribution in [0, 0.1) is 19.8 Å². The minimum Gasteiger partial charge on any atom is -0.493 e. The van der Waals surface area contributed by atoms with Gasteiger partial charge >= 0.3 is 5.97 Å². The number of hydrogen-bond donors (Lipinski definition) is 2. The summed E-state index contributed by atoms with van der Waals surface area (Å²) in [5.41, 5.74) is 6.26. The minimum atomic E-state index is -1.28. The zero-order chi connectivity index (χ0) is 28.7. The molecule has 0 aliphatic carbocycles. The lowest BCUT2D eigenvalue weighted by Gasteiger charge is -2.20. The van der Waals surface area contributed by atoms with Crippen LogP contribution in [0.25, 0.3) is 11.1 Å². The highest BCUT2D eigenvalue weighted by Gasteiger charge is 2.18. The summed E-state index contributed by atoms with van der Waals surface area (Å²) in [7, 11) is 0. The lowest BCUT2D eigenvalue weighted by Crippen LogP contribution is -2.36. The fourth-order valence-electron chi connectivity index (χ4n) is 4.50. The number of carbonyl (C=O) groups excluding carboxylic acids is 2. The number of aliphatic hydroxyl groups is 1. The van der Waals surface area contributed by atoms with Gasteiger partial charge in [0.15, 0.2) is 0 Å². The molecule has 0 saturated carbocycles. The van der Waals surface area contributed by atoms with Crippen molar-refractivity contribution >= 4 is 23.2 Å². The number of aryl methyl sites for hydroxylation is 2. The summed E-state index contributed by atoms with van der Waals surface area (Å²) in [4.78, 5) is 25.4. The number of hydrogen-bond acceptors (Lipinski definition) is 6. The highest BCUT2D eigenvalue weighted by Crippen LogP contribution is 2.33. The number of nitrogens with one attached hydrogen (secondary N) is 1. The van der Waals surface area contributed by atoms with E-state index in [4.69, 9.17) is 9.47 Å². The molecule has 6 nitrogen and oxygen atoms in total. The average Bonchev–Trinajstić information content (AvgIpc) is 3.31. The molecular formula is C32H41NO5S. The first-order chi connectivity index (χ1) is 18.4. The maximum absolute atomic E-state index is 12.4. The number of aliphatic hydroxyl groups excluding tert-OH is 1. The van der Waals surface area contributed by atoms with E-state index >= 15 is 0 Å². The molecule has 0 radical (unpaired) electrons. The summed E-state index contributed by atoms with van der Waals surface area (Å²) in [5.74, 6) is 0.125. The summed E-state index contributed by atoms with van der Waals surface area (Å²) >= 11 is 1.37. The molecule has 1 amide bonds. The SMILES string of the molecule is CCOC(=O)CC(O)NC(=O)c1ccc(CC(C)COc2cc(C)c(-c3ccc(C(C)(C)C)cc3)c(C)c2)s1. The Morgan fingerprint density at radius 3 is 2.26 bits per heavy atom. The van der Waals surface area contributed by atoms with Gasteiger partial charge in [0.1, 0.15) is 12.0 Å². The molecule has 2 aromatic carbocycles. The molecule has 2 unspecified atom stereocenters. The van der Waals surface area contributed by atoms with E-state index in [2.05, 4.69) is 83.3 Å². The van der Waals surface area contributed by atoms with Crippen molar-refractivity contribution in [1.29, 1.82) is 0 Å². The molecule has 3 rings (SSSR count). The molecule has 210 valence electrons. The van der Waals surface area contributed by atoms with Crippen LogP contribution in [0.4, 0.5) is 0 Å². The number of rotatable bonds is 11. The van der Waals surface area contributed by atoms with Crippen molar-refractivity contribution < 1.29 is 24.2 Å². The molecule has 0 spiro atoms. The standard InChI is InChI=1S/C32H41NO5S/c1-8-37-29(35)18-28(34)33-31(36)27-14-13-26(39-27)15-20(2)19-38-25-16-21(3)30(22(4)17-25)23-9-11-24(12-10-23)32(5,6)7/h9-14,16-17,20,28,34H,8,15,18-19H2,1-7H3,(H,33,36). The second-order valence-corrected chi connectivity index (χ2v) is 12.3. The molecule has 3 aromatic rings. The fraction of sp³-hybridized carbons (Fsp3) is 0.438. The van der Waals surface area contributed by atoms with Gasteiger partial charge in [-0.15, -0.1) is 11.3 Å². The monoisotopic (exact) mass is 551 g/mol. The Morgan fingerprint density at radius 2 is 1.67 bits per heavy atom. The van der Waals surface area contributed by atoms with Gasteiger partial charge in [-0.2, -0.15) is 0 Å². The van der Waals surface area contributed by atoms with Gasteiger partial charge in [-0.05, 0) is 90.6 Å². The Labute approximate surface area is 236 Å². The van der Waals surface area contributed by atoms with Crippen molar-refractivity contribution in [3.63, 3.8) is 0 Å². The molecule has 39 heavy (non-hydrogen) atoms. The summed E-state index contributed by atoms with van der Waals surface area (Å²) < 4.78 is 11.0. The van der Waals surface area contributed by atoms with E-state index < -0.39 is 18.1 Å². The van der Waals surface area contributed by atoms with E-state index in [-0.39, 0.29) is 24.4 Å². The summed E-state index contributed by atoms with van der Waals surface area (Å²) in [6, 6.07) is 16.7. The second-order valence-electron chi connectivity index (χ2n) is 11.1. The van der Waals surface area contributed by atoms with Crippen LogP contribution in [0.2, 0.25) is 0 Å². The Bertz CT molecular complexity index is 1250. The normalized spacial score (nSPS) is 13.0. The van der Waals surface area contributed by atoms with Crippen LogP contribution >= 0.6 is 11.3 Å². The third-order valence-corrected chi connectivity index (χ3v) is 7.58. The van der Waals surface area contributed by atoms with Crippen LogP contribution < -0.4 is 10.1 Å². The number of ether oxygens (including phenoxy) is 2. The van der Waals surface area contributed by atoms with Crippen molar-refractivity contribution in [3.8, 4) is 16.9 Å². The predicted molar refractivity (Wildman–Crippen MR) is 157 cm³/mol. The van der Waals surface area contributed by atoms with Crippen molar-refractivity contribution in [2.24, 2.45) is 5.92 Å². The Morgan fingerprint density at radius 1 is 1.03 bits per heavy atom. The van der Waals surface area contributed by atoms with Gasteiger partial charge in [0.25, 0.3) is 5.91 Å². The lowest BCUT2D eigenvalue weighted by atomic mass is 9.85. The van der Waals surface area contributed by atoms with Crippen molar-refractivity contribution in [2.75, 3.05) is 13.2 Å². The van der Waals surface area contributed by atoms with E-state index in [1.807, 2.05) is 6.07 Å². The van der Waals surface area contributed by atoms with Gasteiger partial charge in [-0.25, -0.2) is 0 Å². The Hall–Kier alpha value is -3.16. The van der Waals surface area contributed by atoms with Gasteiger partial charge in [-0.3, -0.25) is 9.59 Å². The average molecular weight is 552 g/mol.